The number of halogens is 4. The lowest BCUT2D eigenvalue weighted by Crippen LogP contribution is -2.39. The third-order valence-corrected chi connectivity index (χ3v) is 6.45. The van der Waals surface area contributed by atoms with Crippen LogP contribution in [0.4, 0.5) is 28.2 Å². The third-order valence-electron chi connectivity index (χ3n) is 5.17. The molecule has 0 spiro atoms. The summed E-state index contributed by atoms with van der Waals surface area (Å²) >= 11 is 1.34. The zero-order valence-electron chi connectivity index (χ0n) is 17.6. The molecular formula is C21H19F4N5O2S. The molecule has 0 aliphatic carbocycles. The van der Waals surface area contributed by atoms with Gasteiger partial charge in [0, 0.05) is 35.5 Å². The Labute approximate surface area is 190 Å². The van der Waals surface area contributed by atoms with Crippen molar-refractivity contribution in [1.29, 1.82) is 0 Å². The second-order valence-electron chi connectivity index (χ2n) is 7.63. The number of hydrogen-bond acceptors (Lipinski definition) is 7. The molecule has 4 heterocycles. The highest BCUT2D eigenvalue weighted by Crippen LogP contribution is 2.33. The highest BCUT2D eigenvalue weighted by molar-refractivity contribution is 7.15. The number of pyridine rings is 1. The Morgan fingerprint density at radius 1 is 1.18 bits per heavy atom. The summed E-state index contributed by atoms with van der Waals surface area (Å²) in [7, 11) is 0. The molecule has 7 nitrogen and oxygen atoms in total. The SMILES string of the molecule is C[C@H](Cc1nccc(N2C(=O)OC[C@@H]2[C@@H](C)F)n1)c1cnc(-c2ccc(C(F)(F)F)nc2)s1. The van der Waals surface area contributed by atoms with Crippen LogP contribution in [0.15, 0.2) is 36.8 Å². The molecule has 33 heavy (non-hydrogen) atoms. The Morgan fingerprint density at radius 3 is 2.64 bits per heavy atom. The number of carbonyl (C=O) groups excluding carboxylic acids is 1. The molecule has 4 rings (SSSR count). The van der Waals surface area contributed by atoms with Gasteiger partial charge in [0.1, 0.15) is 41.2 Å². The molecule has 0 saturated carbocycles. The van der Waals surface area contributed by atoms with E-state index in [9.17, 15) is 22.4 Å². The topological polar surface area (TPSA) is 81.1 Å². The van der Waals surface area contributed by atoms with Crippen molar-refractivity contribution >= 4 is 23.2 Å². The second-order valence-corrected chi connectivity index (χ2v) is 8.69. The maximum absolute atomic E-state index is 13.9. The summed E-state index contributed by atoms with van der Waals surface area (Å²) in [6.07, 6.45) is -1.71. The number of hydrogen-bond donors (Lipinski definition) is 0. The number of cyclic esters (lactones) is 1. The Bertz CT molecular complexity index is 1140. The normalized spacial score (nSPS) is 18.3. The van der Waals surface area contributed by atoms with Gasteiger partial charge in [-0.05, 0) is 31.0 Å². The van der Waals surface area contributed by atoms with E-state index in [4.69, 9.17) is 4.74 Å². The standard InChI is InChI=1S/C21H19F4N5O2S/c1-11(15-9-28-19(33-15)13-3-4-16(27-8-13)21(23,24)25)7-17-26-6-5-18(29-17)30-14(12(2)22)10-32-20(30)31/h3-6,8-9,11-12,14H,7,10H2,1-2H3/t11-,12-,14-/m1/s1. The van der Waals surface area contributed by atoms with E-state index in [2.05, 4.69) is 19.9 Å². The van der Waals surface area contributed by atoms with Crippen LogP contribution in [0.25, 0.3) is 10.6 Å². The Morgan fingerprint density at radius 2 is 1.97 bits per heavy atom. The van der Waals surface area contributed by atoms with Crippen LogP contribution in [0.1, 0.15) is 36.2 Å². The Balaban J connectivity index is 1.48. The first kappa shape index (κ1) is 23.0. The minimum Gasteiger partial charge on any atom is -0.447 e. The van der Waals surface area contributed by atoms with Crippen LogP contribution in [0.3, 0.4) is 0 Å². The van der Waals surface area contributed by atoms with Gasteiger partial charge in [-0.1, -0.05) is 6.92 Å². The zero-order chi connectivity index (χ0) is 23.8. The van der Waals surface area contributed by atoms with Crippen molar-refractivity contribution < 1.29 is 27.1 Å². The molecule has 0 unspecified atom stereocenters. The van der Waals surface area contributed by atoms with E-state index in [-0.39, 0.29) is 18.3 Å². The first-order valence-electron chi connectivity index (χ1n) is 10.0. The van der Waals surface area contributed by atoms with E-state index >= 15 is 0 Å². The molecule has 3 aromatic rings. The molecule has 1 fully saturated rings. The van der Waals surface area contributed by atoms with E-state index < -0.39 is 30.2 Å². The molecule has 0 N–H and O–H groups in total. The molecule has 0 bridgehead atoms. The average molecular weight is 481 g/mol. The number of carbonyl (C=O) groups is 1. The fourth-order valence-electron chi connectivity index (χ4n) is 3.37. The van der Waals surface area contributed by atoms with Crippen molar-refractivity contribution in [3.63, 3.8) is 0 Å². The van der Waals surface area contributed by atoms with Crippen LogP contribution in [0, 0.1) is 0 Å². The molecule has 0 radical (unpaired) electrons. The van der Waals surface area contributed by atoms with Crippen molar-refractivity contribution in [1.82, 2.24) is 19.9 Å². The average Bonchev–Trinajstić information content (AvgIpc) is 3.41. The number of rotatable bonds is 6. The molecule has 1 saturated heterocycles. The lowest BCUT2D eigenvalue weighted by molar-refractivity contribution is -0.141. The first-order valence-corrected chi connectivity index (χ1v) is 10.9. The minimum atomic E-state index is -4.50. The monoisotopic (exact) mass is 481 g/mol. The highest BCUT2D eigenvalue weighted by atomic mass is 32.1. The van der Waals surface area contributed by atoms with Gasteiger partial charge in [0.05, 0.1) is 0 Å². The number of thiazole rings is 1. The number of amides is 1. The van der Waals surface area contributed by atoms with Gasteiger partial charge in [0.25, 0.3) is 0 Å². The van der Waals surface area contributed by atoms with Crippen molar-refractivity contribution in [2.45, 2.75) is 44.6 Å². The van der Waals surface area contributed by atoms with Gasteiger partial charge in [0.2, 0.25) is 0 Å². The molecule has 0 aromatic carbocycles. The van der Waals surface area contributed by atoms with Crippen LogP contribution in [-0.2, 0) is 17.3 Å². The van der Waals surface area contributed by atoms with Gasteiger partial charge in [-0.2, -0.15) is 13.2 Å². The van der Waals surface area contributed by atoms with Crippen LogP contribution in [0.5, 0.6) is 0 Å². The molecule has 1 aliphatic rings. The van der Waals surface area contributed by atoms with Gasteiger partial charge in [-0.25, -0.2) is 24.1 Å². The van der Waals surface area contributed by atoms with Crippen LogP contribution in [-0.4, -0.2) is 44.8 Å². The molecule has 12 heteroatoms. The number of alkyl halides is 4. The van der Waals surface area contributed by atoms with Crippen molar-refractivity contribution in [2.24, 2.45) is 0 Å². The zero-order valence-corrected chi connectivity index (χ0v) is 18.4. The maximum Gasteiger partial charge on any atom is 0.433 e. The maximum atomic E-state index is 13.9. The summed E-state index contributed by atoms with van der Waals surface area (Å²) in [5.74, 6) is 0.663. The predicted octanol–water partition coefficient (Wildman–Crippen LogP) is 5.04. The van der Waals surface area contributed by atoms with Gasteiger partial charge in [0.15, 0.2) is 0 Å². The largest absolute Gasteiger partial charge is 0.447 e. The predicted molar refractivity (Wildman–Crippen MR) is 113 cm³/mol. The van der Waals surface area contributed by atoms with Crippen LogP contribution < -0.4 is 4.90 Å². The van der Waals surface area contributed by atoms with Crippen molar-refractivity contribution in [3.05, 3.63) is 53.2 Å². The van der Waals surface area contributed by atoms with E-state index in [1.807, 2.05) is 6.92 Å². The number of anilines is 1. The summed E-state index contributed by atoms with van der Waals surface area (Å²) in [6, 6.07) is 3.04. The van der Waals surface area contributed by atoms with E-state index in [1.54, 1.807) is 6.20 Å². The van der Waals surface area contributed by atoms with Gasteiger partial charge in [-0.15, -0.1) is 11.3 Å². The molecule has 3 atom stereocenters. The summed E-state index contributed by atoms with van der Waals surface area (Å²) in [4.78, 5) is 30.6. The number of nitrogens with zero attached hydrogens (tertiary/aromatic N) is 5. The molecule has 1 amide bonds. The smallest absolute Gasteiger partial charge is 0.433 e. The first-order chi connectivity index (χ1) is 15.6. The van der Waals surface area contributed by atoms with E-state index in [0.29, 0.717) is 22.8 Å². The fraction of sp³-hybridized carbons (Fsp3) is 0.381. The van der Waals surface area contributed by atoms with E-state index in [0.717, 1.165) is 17.1 Å². The second kappa shape index (κ2) is 9.00. The summed E-state index contributed by atoms with van der Waals surface area (Å²) < 4.78 is 57.0. The third kappa shape index (κ3) is 4.95. The highest BCUT2D eigenvalue weighted by Gasteiger charge is 2.39. The lowest BCUT2D eigenvalue weighted by Gasteiger charge is -2.21. The Hall–Kier alpha value is -3.15. The lowest BCUT2D eigenvalue weighted by atomic mass is 10.1. The quantitative estimate of drug-likeness (QED) is 0.459. The molecule has 1 aliphatic heterocycles. The Kier molecular flexibility index (Phi) is 6.28. The number of aromatic nitrogens is 4. The molecular weight excluding hydrogens is 462 g/mol. The van der Waals surface area contributed by atoms with Crippen LogP contribution in [0.2, 0.25) is 0 Å². The summed E-state index contributed by atoms with van der Waals surface area (Å²) in [6.45, 7) is 3.25. The summed E-state index contributed by atoms with van der Waals surface area (Å²) in [5.41, 5.74) is -0.469. The summed E-state index contributed by atoms with van der Waals surface area (Å²) in [5, 5.41) is 0.548. The minimum absolute atomic E-state index is 0.0469. The molecule has 3 aromatic heterocycles. The van der Waals surface area contributed by atoms with Gasteiger partial charge >= 0.3 is 12.3 Å². The van der Waals surface area contributed by atoms with Gasteiger partial charge < -0.3 is 4.74 Å². The number of ether oxygens (including phenoxy) is 1. The van der Waals surface area contributed by atoms with Crippen molar-refractivity contribution in [2.75, 3.05) is 11.5 Å². The van der Waals surface area contributed by atoms with Gasteiger partial charge in [-0.3, -0.25) is 9.88 Å². The van der Waals surface area contributed by atoms with Crippen molar-refractivity contribution in [3.8, 4) is 10.6 Å². The fourth-order valence-corrected chi connectivity index (χ4v) is 4.33. The van der Waals surface area contributed by atoms with E-state index in [1.165, 1.54) is 41.5 Å². The molecule has 174 valence electrons. The van der Waals surface area contributed by atoms with Crippen LogP contribution >= 0.6 is 11.3 Å².